The van der Waals surface area contributed by atoms with E-state index in [9.17, 15) is 9.59 Å². The van der Waals surface area contributed by atoms with E-state index in [0.717, 1.165) is 23.3 Å². The zero-order chi connectivity index (χ0) is 20.8. The van der Waals surface area contributed by atoms with Crippen LogP contribution in [0.4, 0.5) is 5.69 Å². The maximum absolute atomic E-state index is 12.5. The first-order chi connectivity index (χ1) is 14.0. The maximum atomic E-state index is 12.5. The van der Waals surface area contributed by atoms with Crippen LogP contribution < -0.4 is 5.32 Å². The number of rotatable bonds is 8. The molecule has 1 heterocycles. The quantitative estimate of drug-likeness (QED) is 0.567. The molecule has 1 N–H and O–H groups in total. The summed E-state index contributed by atoms with van der Waals surface area (Å²) in [5, 5.41) is 2.78. The summed E-state index contributed by atoms with van der Waals surface area (Å²) in [7, 11) is 0. The molecule has 0 fully saturated rings. The van der Waals surface area contributed by atoms with Crippen molar-refractivity contribution in [2.75, 3.05) is 11.6 Å². The summed E-state index contributed by atoms with van der Waals surface area (Å²) in [5.74, 6) is 0.664. The molecular formula is C22H25N3O3S. The number of anilines is 1. The van der Waals surface area contributed by atoms with Crippen LogP contribution in [0.1, 0.15) is 25.2 Å². The summed E-state index contributed by atoms with van der Waals surface area (Å²) in [6, 6.07) is 15.3. The lowest BCUT2D eigenvalue weighted by atomic mass is 10.1. The zero-order valence-corrected chi connectivity index (χ0v) is 17.7. The normalized spacial score (nSPS) is 12.0. The number of imidazole rings is 1. The molecule has 0 bridgehead atoms. The number of hydrogen-bond donors (Lipinski definition) is 1. The highest BCUT2D eigenvalue weighted by atomic mass is 32.2. The van der Waals surface area contributed by atoms with E-state index in [0.29, 0.717) is 11.4 Å². The van der Waals surface area contributed by atoms with Crippen LogP contribution in [-0.2, 0) is 33.0 Å². The van der Waals surface area contributed by atoms with Gasteiger partial charge in [-0.15, -0.1) is 0 Å². The van der Waals surface area contributed by atoms with Gasteiger partial charge in [-0.05, 0) is 49.4 Å². The number of ether oxygens (including phenoxy) is 1. The molecular weight excluding hydrogens is 386 g/mol. The molecule has 6 nitrogen and oxygen atoms in total. The van der Waals surface area contributed by atoms with Crippen LogP contribution in [0.5, 0.6) is 0 Å². The van der Waals surface area contributed by atoms with Gasteiger partial charge in [-0.2, -0.15) is 11.8 Å². The number of nitrogens with one attached hydrogen (secondary N) is 1. The van der Waals surface area contributed by atoms with Gasteiger partial charge in [-0.1, -0.05) is 31.2 Å². The molecule has 0 unspecified atom stereocenters. The van der Waals surface area contributed by atoms with Crippen LogP contribution in [-0.4, -0.2) is 33.8 Å². The number of amides is 1. The Kier molecular flexibility index (Phi) is 6.93. The fraction of sp³-hybridized carbons (Fsp3) is 0.318. The molecule has 0 radical (unpaired) electrons. The van der Waals surface area contributed by atoms with Crippen molar-refractivity contribution in [1.29, 1.82) is 0 Å². The minimum atomic E-state index is -0.896. The second-order valence-corrected chi connectivity index (χ2v) is 7.57. The molecule has 0 aliphatic heterocycles. The number of carbonyl (C=O) groups excluding carboxylic acids is 2. The Balaban J connectivity index is 1.64. The van der Waals surface area contributed by atoms with E-state index < -0.39 is 12.1 Å². The predicted octanol–water partition coefficient (Wildman–Crippen LogP) is 4.03. The summed E-state index contributed by atoms with van der Waals surface area (Å²) in [6.45, 7) is 3.66. The first-order valence-corrected chi connectivity index (χ1v) is 10.9. The van der Waals surface area contributed by atoms with Crippen molar-refractivity contribution in [1.82, 2.24) is 9.55 Å². The van der Waals surface area contributed by atoms with Crippen molar-refractivity contribution in [2.45, 2.75) is 38.7 Å². The number of carbonyl (C=O) groups is 2. The third-order valence-electron chi connectivity index (χ3n) is 4.60. The molecule has 0 spiro atoms. The fourth-order valence-electron chi connectivity index (χ4n) is 3.03. The summed E-state index contributed by atoms with van der Waals surface area (Å²) >= 11 is 1.63. The Morgan fingerprint density at radius 3 is 2.59 bits per heavy atom. The number of aryl methyl sites for hydroxylation is 1. The lowest BCUT2D eigenvalue weighted by Crippen LogP contribution is -2.31. The lowest BCUT2D eigenvalue weighted by molar-refractivity contribution is -0.153. The number of nitrogens with zero attached hydrogens (tertiary/aromatic N) is 2. The van der Waals surface area contributed by atoms with Gasteiger partial charge in [0.2, 0.25) is 0 Å². The summed E-state index contributed by atoms with van der Waals surface area (Å²) in [5.41, 5.74) is 3.58. The lowest BCUT2D eigenvalue weighted by Gasteiger charge is -2.15. The molecule has 1 atom stereocenters. The molecule has 0 aliphatic carbocycles. The van der Waals surface area contributed by atoms with Gasteiger partial charge >= 0.3 is 5.97 Å². The molecule has 7 heteroatoms. The minimum Gasteiger partial charge on any atom is -0.451 e. The van der Waals surface area contributed by atoms with E-state index in [1.54, 1.807) is 18.7 Å². The number of esters is 1. The van der Waals surface area contributed by atoms with Gasteiger partial charge in [0.05, 0.1) is 16.8 Å². The topological polar surface area (TPSA) is 73.2 Å². The Morgan fingerprint density at radius 2 is 1.90 bits per heavy atom. The number of fused-ring (bicyclic) bond motifs is 1. The number of thioether (sulfide) groups is 1. The van der Waals surface area contributed by atoms with Crippen molar-refractivity contribution in [3.8, 4) is 0 Å². The van der Waals surface area contributed by atoms with Crippen LogP contribution in [0.2, 0.25) is 0 Å². The number of para-hydroxylation sites is 2. The molecule has 3 aromatic rings. The van der Waals surface area contributed by atoms with Crippen molar-refractivity contribution in [3.05, 3.63) is 59.9 Å². The Morgan fingerprint density at radius 1 is 1.17 bits per heavy atom. The molecule has 1 aromatic heterocycles. The molecule has 0 saturated heterocycles. The smallest absolute Gasteiger partial charge is 0.326 e. The third-order valence-corrected chi connectivity index (χ3v) is 5.15. The largest absolute Gasteiger partial charge is 0.451 e. The fourth-order valence-corrected chi connectivity index (χ4v) is 3.50. The second kappa shape index (κ2) is 9.60. The molecule has 3 rings (SSSR count). The number of hydrogen-bond acceptors (Lipinski definition) is 5. The Bertz CT molecular complexity index is 998. The van der Waals surface area contributed by atoms with E-state index in [1.165, 1.54) is 5.56 Å². The van der Waals surface area contributed by atoms with E-state index in [4.69, 9.17) is 4.74 Å². The summed E-state index contributed by atoms with van der Waals surface area (Å²) in [4.78, 5) is 29.5. The van der Waals surface area contributed by atoms with Gasteiger partial charge in [0.1, 0.15) is 12.4 Å². The molecule has 2 aromatic carbocycles. The van der Waals surface area contributed by atoms with Crippen molar-refractivity contribution >= 4 is 40.4 Å². The van der Waals surface area contributed by atoms with Gasteiger partial charge in [-0.3, -0.25) is 9.59 Å². The van der Waals surface area contributed by atoms with Gasteiger partial charge in [0.15, 0.2) is 6.10 Å². The van der Waals surface area contributed by atoms with Crippen LogP contribution >= 0.6 is 11.8 Å². The Hall–Kier alpha value is -2.80. The summed E-state index contributed by atoms with van der Waals surface area (Å²) in [6.07, 6.45) is 2.03. The molecule has 0 saturated carbocycles. The molecule has 152 valence electrons. The average Bonchev–Trinajstić information content (AvgIpc) is 3.06. The number of benzene rings is 2. The average molecular weight is 412 g/mol. The molecule has 1 amide bonds. The summed E-state index contributed by atoms with van der Waals surface area (Å²) < 4.78 is 7.23. The third kappa shape index (κ3) is 5.17. The molecule has 0 aliphatic rings. The predicted molar refractivity (Wildman–Crippen MR) is 117 cm³/mol. The van der Waals surface area contributed by atoms with Crippen LogP contribution in [0, 0.1) is 0 Å². The van der Waals surface area contributed by atoms with Crippen molar-refractivity contribution in [2.24, 2.45) is 0 Å². The monoisotopic (exact) mass is 411 g/mol. The highest BCUT2D eigenvalue weighted by molar-refractivity contribution is 7.97. The van der Waals surface area contributed by atoms with E-state index in [1.807, 2.05) is 59.4 Å². The maximum Gasteiger partial charge on any atom is 0.326 e. The van der Waals surface area contributed by atoms with Gasteiger partial charge in [0, 0.05) is 5.69 Å². The van der Waals surface area contributed by atoms with Gasteiger partial charge < -0.3 is 14.6 Å². The van der Waals surface area contributed by atoms with Gasteiger partial charge in [0.25, 0.3) is 5.91 Å². The first-order valence-electron chi connectivity index (χ1n) is 9.54. The molecule has 29 heavy (non-hydrogen) atoms. The highest BCUT2D eigenvalue weighted by Crippen LogP contribution is 2.19. The van der Waals surface area contributed by atoms with Crippen molar-refractivity contribution < 1.29 is 14.3 Å². The zero-order valence-electron chi connectivity index (χ0n) is 16.8. The number of aromatic nitrogens is 2. The van der Waals surface area contributed by atoms with E-state index in [-0.39, 0.29) is 12.5 Å². The van der Waals surface area contributed by atoms with Crippen LogP contribution in [0.25, 0.3) is 11.0 Å². The standard InChI is InChI=1S/C22H25N3O3S/c1-4-16-9-11-17(12-10-16)23-22(27)15(2)28-21(26)13-25-19-8-6-5-7-18(19)24-20(25)14-29-3/h5-12,15H,4,13-14H2,1-3H3,(H,23,27)/t15-/m0/s1. The first kappa shape index (κ1) is 20.9. The second-order valence-electron chi connectivity index (χ2n) is 6.71. The Labute approximate surface area is 174 Å². The van der Waals surface area contributed by atoms with Crippen LogP contribution in [0.3, 0.4) is 0 Å². The van der Waals surface area contributed by atoms with Gasteiger partial charge in [-0.25, -0.2) is 4.98 Å². The van der Waals surface area contributed by atoms with E-state index >= 15 is 0 Å². The van der Waals surface area contributed by atoms with Crippen LogP contribution in [0.15, 0.2) is 48.5 Å². The SMILES string of the molecule is CCc1ccc(NC(=O)[C@H](C)OC(=O)Cn2c(CSC)nc3ccccc32)cc1. The van der Waals surface area contributed by atoms with E-state index in [2.05, 4.69) is 17.2 Å². The highest BCUT2D eigenvalue weighted by Gasteiger charge is 2.20. The minimum absolute atomic E-state index is 0.0131. The van der Waals surface area contributed by atoms with Crippen molar-refractivity contribution in [3.63, 3.8) is 0 Å².